The van der Waals surface area contributed by atoms with E-state index in [1.807, 2.05) is 4.72 Å². The molecule has 1 N–H and O–H groups in total. The molecule has 0 saturated carbocycles. The summed E-state index contributed by atoms with van der Waals surface area (Å²) in [6.45, 7) is -1.07. The largest absolute Gasteiger partial charge is 0.416 e. The lowest BCUT2D eigenvalue weighted by molar-refractivity contribution is -0.148. The number of nitrogens with one attached hydrogen (secondary N) is 1. The molecule has 12 heteroatoms. The lowest BCUT2D eigenvalue weighted by Gasteiger charge is -2.23. The molecular formula is C20H17ClF6N2O2S. The molecule has 174 valence electrons. The molecule has 1 aromatic rings. The first-order chi connectivity index (χ1) is 14.8. The Labute approximate surface area is 185 Å². The summed E-state index contributed by atoms with van der Waals surface area (Å²) in [4.78, 5) is 3.95. The van der Waals surface area contributed by atoms with E-state index in [2.05, 4.69) is 4.99 Å². The van der Waals surface area contributed by atoms with Crippen molar-refractivity contribution in [2.24, 2.45) is 10.9 Å². The van der Waals surface area contributed by atoms with Crippen molar-refractivity contribution in [3.8, 4) is 0 Å². The fraction of sp³-hybridized carbons (Fsp3) is 0.350. The predicted molar refractivity (Wildman–Crippen MR) is 108 cm³/mol. The van der Waals surface area contributed by atoms with Crippen LogP contribution in [0, 0.1) is 5.92 Å². The minimum Gasteiger partial charge on any atom is -0.259 e. The molecule has 1 unspecified atom stereocenters. The Balaban J connectivity index is 1.78. The molecule has 32 heavy (non-hydrogen) atoms. The number of halogens is 7. The van der Waals surface area contributed by atoms with E-state index in [4.69, 9.17) is 11.6 Å². The second-order valence-corrected chi connectivity index (χ2v) is 9.50. The molecule has 0 radical (unpaired) electrons. The van der Waals surface area contributed by atoms with Crippen LogP contribution >= 0.6 is 11.6 Å². The van der Waals surface area contributed by atoms with Gasteiger partial charge in [-0.15, -0.1) is 0 Å². The molecule has 2 aliphatic rings. The molecular weight excluding hydrogens is 482 g/mol. The number of nitrogens with zero attached hydrogens (tertiary/aromatic N) is 1. The van der Waals surface area contributed by atoms with Gasteiger partial charge in [-0.3, -0.25) is 4.99 Å². The zero-order valence-electron chi connectivity index (χ0n) is 16.2. The molecule has 1 aliphatic carbocycles. The van der Waals surface area contributed by atoms with Crippen molar-refractivity contribution in [1.82, 2.24) is 4.72 Å². The third kappa shape index (κ3) is 5.81. The maximum Gasteiger partial charge on any atom is 0.416 e. The van der Waals surface area contributed by atoms with Gasteiger partial charge in [0.05, 0.1) is 16.4 Å². The molecule has 1 aromatic carbocycles. The Morgan fingerprint density at radius 2 is 1.75 bits per heavy atom. The first-order valence-corrected chi connectivity index (χ1v) is 11.2. The number of fused-ring (bicyclic) bond motifs is 1. The van der Waals surface area contributed by atoms with Gasteiger partial charge in [0.15, 0.2) is 0 Å². The van der Waals surface area contributed by atoms with Gasteiger partial charge in [0.25, 0.3) is 0 Å². The quantitative estimate of drug-likeness (QED) is 0.533. The van der Waals surface area contributed by atoms with Gasteiger partial charge in [0, 0.05) is 29.4 Å². The Morgan fingerprint density at radius 3 is 2.34 bits per heavy atom. The number of benzene rings is 1. The van der Waals surface area contributed by atoms with Crippen LogP contribution in [0.2, 0.25) is 0 Å². The molecule has 1 heterocycles. The Bertz CT molecular complexity index is 1090. The van der Waals surface area contributed by atoms with Crippen LogP contribution in [0.25, 0.3) is 0 Å². The first kappa shape index (κ1) is 24.5. The maximum absolute atomic E-state index is 13.5. The average molecular weight is 499 g/mol. The summed E-state index contributed by atoms with van der Waals surface area (Å²) in [5.41, 5.74) is -1.01. The van der Waals surface area contributed by atoms with Gasteiger partial charge in [0.1, 0.15) is 0 Å². The minimum atomic E-state index is -4.89. The van der Waals surface area contributed by atoms with E-state index in [1.165, 1.54) is 24.4 Å². The SMILES string of the molecule is O=S(=O)(NC[C@H](c1ccc(C(F)(F)F)cc1)C(F)(F)F)C1=CC2CCC(Cl)=CN=C2C=C1. The van der Waals surface area contributed by atoms with Crippen LogP contribution in [-0.4, -0.2) is 26.9 Å². The number of hydrogen-bond donors (Lipinski definition) is 1. The summed E-state index contributed by atoms with van der Waals surface area (Å²) in [5, 5.41) is 0.501. The van der Waals surface area contributed by atoms with Gasteiger partial charge >= 0.3 is 12.4 Å². The van der Waals surface area contributed by atoms with Gasteiger partial charge in [-0.25, -0.2) is 13.1 Å². The van der Waals surface area contributed by atoms with Gasteiger partial charge in [-0.05, 0) is 42.7 Å². The molecule has 2 atom stereocenters. The van der Waals surface area contributed by atoms with Crippen LogP contribution in [0.1, 0.15) is 29.9 Å². The van der Waals surface area contributed by atoms with Crippen molar-refractivity contribution in [3.63, 3.8) is 0 Å². The molecule has 1 aliphatic heterocycles. The highest BCUT2D eigenvalue weighted by molar-refractivity contribution is 7.93. The second-order valence-electron chi connectivity index (χ2n) is 7.24. The zero-order chi connectivity index (χ0) is 23.7. The number of rotatable bonds is 5. The number of hydrogen-bond acceptors (Lipinski definition) is 3. The maximum atomic E-state index is 13.5. The highest BCUT2D eigenvalue weighted by Crippen LogP contribution is 2.37. The molecule has 0 spiro atoms. The number of aliphatic imine (C=N–C) groups is 1. The Hall–Kier alpha value is -2.11. The second kappa shape index (κ2) is 9.03. The van der Waals surface area contributed by atoms with Gasteiger partial charge in [-0.2, -0.15) is 26.3 Å². The molecule has 0 saturated heterocycles. The fourth-order valence-electron chi connectivity index (χ4n) is 3.29. The summed E-state index contributed by atoms with van der Waals surface area (Å²) < 4.78 is 106. The fourth-order valence-corrected chi connectivity index (χ4v) is 4.59. The van der Waals surface area contributed by atoms with Gasteiger partial charge in [-0.1, -0.05) is 29.8 Å². The topological polar surface area (TPSA) is 58.5 Å². The summed E-state index contributed by atoms with van der Waals surface area (Å²) >= 11 is 5.94. The van der Waals surface area contributed by atoms with Crippen molar-refractivity contribution >= 4 is 27.3 Å². The predicted octanol–water partition coefficient (Wildman–Crippen LogP) is 5.66. The van der Waals surface area contributed by atoms with E-state index < -0.39 is 46.0 Å². The normalized spacial score (nSPS) is 20.6. The van der Waals surface area contributed by atoms with Crippen LogP contribution in [0.15, 0.2) is 63.6 Å². The van der Waals surface area contributed by atoms with E-state index in [0.717, 1.165) is 0 Å². The van der Waals surface area contributed by atoms with Crippen molar-refractivity contribution < 1.29 is 34.8 Å². The van der Waals surface area contributed by atoms with Crippen LogP contribution < -0.4 is 4.72 Å². The lowest BCUT2D eigenvalue weighted by atomic mass is 9.94. The van der Waals surface area contributed by atoms with Gasteiger partial charge in [0.2, 0.25) is 10.0 Å². The third-order valence-electron chi connectivity index (χ3n) is 5.03. The van der Waals surface area contributed by atoms with Crippen molar-refractivity contribution in [2.75, 3.05) is 6.54 Å². The van der Waals surface area contributed by atoms with E-state index in [9.17, 15) is 34.8 Å². The molecule has 0 fully saturated rings. The molecule has 0 bridgehead atoms. The van der Waals surface area contributed by atoms with Crippen molar-refractivity contribution in [1.29, 1.82) is 0 Å². The summed E-state index contributed by atoms with van der Waals surface area (Å²) in [7, 11) is -4.31. The Morgan fingerprint density at radius 1 is 1.09 bits per heavy atom. The van der Waals surface area contributed by atoms with Crippen LogP contribution in [-0.2, 0) is 16.2 Å². The van der Waals surface area contributed by atoms with E-state index in [0.29, 0.717) is 47.9 Å². The highest BCUT2D eigenvalue weighted by Gasteiger charge is 2.42. The summed E-state index contributed by atoms with van der Waals surface area (Å²) in [6.07, 6.45) is -3.09. The Kier molecular flexibility index (Phi) is 6.92. The van der Waals surface area contributed by atoms with E-state index in [1.54, 1.807) is 0 Å². The minimum absolute atomic E-state index is 0.215. The highest BCUT2D eigenvalue weighted by atomic mass is 35.5. The molecule has 3 rings (SSSR count). The summed E-state index contributed by atoms with van der Waals surface area (Å²) in [6, 6.07) is 2.45. The van der Waals surface area contributed by atoms with Gasteiger partial charge < -0.3 is 0 Å². The summed E-state index contributed by atoms with van der Waals surface area (Å²) in [5.74, 6) is -2.70. The van der Waals surface area contributed by atoms with Crippen LogP contribution in [0.3, 0.4) is 0 Å². The standard InChI is InChI=1S/C20H17ClF6N2O2S/c21-15-6-3-13-9-16(7-8-18(13)28-10-15)32(30,31)29-11-17(20(25,26)27)12-1-4-14(5-2-12)19(22,23)24/h1-2,4-5,7-10,13,17,29H,3,6,11H2/t13?,17-/m1/s1. The molecule has 0 aromatic heterocycles. The van der Waals surface area contributed by atoms with Crippen molar-refractivity contribution in [3.05, 3.63) is 69.8 Å². The first-order valence-electron chi connectivity index (χ1n) is 9.33. The van der Waals surface area contributed by atoms with E-state index in [-0.39, 0.29) is 10.8 Å². The van der Waals surface area contributed by atoms with E-state index >= 15 is 0 Å². The monoisotopic (exact) mass is 498 g/mol. The number of allylic oxidation sites excluding steroid dienone is 4. The number of alkyl halides is 6. The molecule has 0 amide bonds. The van der Waals surface area contributed by atoms with Crippen LogP contribution in [0.4, 0.5) is 26.3 Å². The van der Waals surface area contributed by atoms with Crippen LogP contribution in [0.5, 0.6) is 0 Å². The number of sulfonamides is 1. The zero-order valence-corrected chi connectivity index (χ0v) is 17.8. The third-order valence-corrected chi connectivity index (χ3v) is 6.76. The average Bonchev–Trinajstić information content (AvgIpc) is 2.88. The van der Waals surface area contributed by atoms with Crippen molar-refractivity contribution in [2.45, 2.75) is 31.1 Å². The molecule has 4 nitrogen and oxygen atoms in total. The lowest BCUT2D eigenvalue weighted by Crippen LogP contribution is -2.36. The smallest absolute Gasteiger partial charge is 0.259 e.